The van der Waals surface area contributed by atoms with Crippen molar-refractivity contribution in [2.75, 3.05) is 13.1 Å². The van der Waals surface area contributed by atoms with Crippen molar-refractivity contribution >= 4 is 23.1 Å². The zero-order chi connectivity index (χ0) is 18.3. The van der Waals surface area contributed by atoms with Gasteiger partial charge in [0.25, 0.3) is 0 Å². The number of ketones is 1. The smallest absolute Gasteiger partial charge is 0.184 e. The normalized spacial score (nSPS) is 13.5. The van der Waals surface area contributed by atoms with Crippen molar-refractivity contribution in [3.05, 3.63) is 64.8 Å². The molecule has 6 heteroatoms. The molecule has 5 nitrogen and oxygen atoms in total. The average Bonchev–Trinajstić information content (AvgIpc) is 3.03. The van der Waals surface area contributed by atoms with Crippen LogP contribution in [0.1, 0.15) is 15.9 Å². The summed E-state index contributed by atoms with van der Waals surface area (Å²) in [6.07, 6.45) is 1.81. The van der Waals surface area contributed by atoms with Crippen LogP contribution in [-0.2, 0) is 7.05 Å². The van der Waals surface area contributed by atoms with E-state index in [1.165, 1.54) is 0 Å². The first-order valence-electron chi connectivity index (χ1n) is 8.28. The van der Waals surface area contributed by atoms with Crippen molar-refractivity contribution in [2.24, 2.45) is 17.8 Å². The SMILES string of the molecule is Cn1ncc(-c2ccc3c(c2)C(CN)=NCC3=O)c1-c1ccccc1Cl. The molecule has 0 atom stereocenters. The van der Waals surface area contributed by atoms with Crippen LogP contribution >= 0.6 is 11.6 Å². The van der Waals surface area contributed by atoms with Crippen LogP contribution in [0.3, 0.4) is 0 Å². The topological polar surface area (TPSA) is 73.3 Å². The Bertz CT molecular complexity index is 1050. The van der Waals surface area contributed by atoms with Gasteiger partial charge in [-0.1, -0.05) is 41.9 Å². The number of benzene rings is 2. The molecule has 26 heavy (non-hydrogen) atoms. The van der Waals surface area contributed by atoms with E-state index in [0.29, 0.717) is 17.1 Å². The minimum atomic E-state index is 0.0151. The molecule has 3 aromatic rings. The second-order valence-electron chi connectivity index (χ2n) is 6.16. The molecule has 0 spiro atoms. The fraction of sp³-hybridized carbons (Fsp3) is 0.150. The van der Waals surface area contributed by atoms with Crippen LogP contribution in [0.4, 0.5) is 0 Å². The largest absolute Gasteiger partial charge is 0.325 e. The maximum atomic E-state index is 12.2. The molecule has 1 aliphatic rings. The third-order valence-corrected chi connectivity index (χ3v) is 4.95. The van der Waals surface area contributed by atoms with Crippen molar-refractivity contribution in [1.82, 2.24) is 9.78 Å². The van der Waals surface area contributed by atoms with Gasteiger partial charge < -0.3 is 5.73 Å². The lowest BCUT2D eigenvalue weighted by atomic mass is 9.92. The van der Waals surface area contributed by atoms with Gasteiger partial charge in [0.1, 0.15) is 6.54 Å². The number of fused-ring (bicyclic) bond motifs is 1. The predicted octanol–water partition coefficient (Wildman–Crippen LogP) is 3.35. The highest BCUT2D eigenvalue weighted by Crippen LogP contribution is 2.36. The lowest BCUT2D eigenvalue weighted by Gasteiger charge is -2.16. The number of aryl methyl sites for hydroxylation is 1. The Balaban J connectivity index is 1.90. The summed E-state index contributed by atoms with van der Waals surface area (Å²) in [5.74, 6) is 0.0151. The lowest BCUT2D eigenvalue weighted by molar-refractivity contribution is 0.1000. The highest BCUT2D eigenvalue weighted by molar-refractivity contribution is 6.33. The summed E-state index contributed by atoms with van der Waals surface area (Å²) in [7, 11) is 1.89. The molecular weight excluding hydrogens is 348 g/mol. The van der Waals surface area contributed by atoms with Gasteiger partial charge in [0.05, 0.1) is 17.6 Å². The Morgan fingerprint density at radius 3 is 2.69 bits per heavy atom. The first-order chi connectivity index (χ1) is 12.6. The Morgan fingerprint density at radius 2 is 1.92 bits per heavy atom. The molecule has 130 valence electrons. The van der Waals surface area contributed by atoms with E-state index < -0.39 is 0 Å². The summed E-state index contributed by atoms with van der Waals surface area (Å²) in [6.45, 7) is 0.463. The van der Waals surface area contributed by atoms with E-state index in [9.17, 15) is 4.79 Å². The number of rotatable bonds is 3. The van der Waals surface area contributed by atoms with Gasteiger partial charge in [0, 0.05) is 40.9 Å². The van der Waals surface area contributed by atoms with Crippen molar-refractivity contribution in [1.29, 1.82) is 0 Å². The number of carbonyl (C=O) groups excluding carboxylic acids is 1. The molecule has 0 fully saturated rings. The summed E-state index contributed by atoms with van der Waals surface area (Å²) in [5, 5.41) is 5.07. The minimum Gasteiger partial charge on any atom is -0.325 e. The number of carbonyl (C=O) groups is 1. The molecule has 1 aromatic heterocycles. The van der Waals surface area contributed by atoms with Crippen LogP contribution in [0.15, 0.2) is 53.7 Å². The van der Waals surface area contributed by atoms with Crippen LogP contribution in [-0.4, -0.2) is 34.4 Å². The number of nitrogens with zero attached hydrogens (tertiary/aromatic N) is 3. The quantitative estimate of drug-likeness (QED) is 0.774. The summed E-state index contributed by atoms with van der Waals surface area (Å²) >= 11 is 6.41. The molecule has 0 bridgehead atoms. The molecule has 0 radical (unpaired) electrons. The van der Waals surface area contributed by atoms with Gasteiger partial charge in [0.2, 0.25) is 0 Å². The van der Waals surface area contributed by atoms with Gasteiger partial charge in [-0.25, -0.2) is 0 Å². The maximum Gasteiger partial charge on any atom is 0.184 e. The third kappa shape index (κ3) is 2.66. The van der Waals surface area contributed by atoms with Gasteiger partial charge in [-0.2, -0.15) is 5.10 Å². The monoisotopic (exact) mass is 364 g/mol. The van der Waals surface area contributed by atoms with E-state index in [-0.39, 0.29) is 12.3 Å². The summed E-state index contributed by atoms with van der Waals surface area (Å²) in [6, 6.07) is 13.4. The van der Waals surface area contributed by atoms with E-state index in [4.69, 9.17) is 17.3 Å². The highest BCUT2D eigenvalue weighted by atomic mass is 35.5. The van der Waals surface area contributed by atoms with Crippen LogP contribution in [0, 0.1) is 0 Å². The average molecular weight is 365 g/mol. The molecule has 2 N–H and O–H groups in total. The number of Topliss-reactive ketones (excluding diaryl/α,β-unsaturated/α-hetero) is 1. The van der Waals surface area contributed by atoms with E-state index in [2.05, 4.69) is 10.1 Å². The zero-order valence-electron chi connectivity index (χ0n) is 14.2. The molecule has 1 aliphatic heterocycles. The van der Waals surface area contributed by atoms with Gasteiger partial charge in [0.15, 0.2) is 5.78 Å². The first kappa shape index (κ1) is 16.7. The first-order valence-corrected chi connectivity index (χ1v) is 8.66. The summed E-state index contributed by atoms with van der Waals surface area (Å²) in [5.41, 5.74) is 11.8. The van der Waals surface area contributed by atoms with E-state index in [1.807, 2.05) is 55.7 Å². The third-order valence-electron chi connectivity index (χ3n) is 4.62. The molecule has 0 amide bonds. The molecular formula is C20H17ClN4O. The standard InChI is InChI=1S/C20H17ClN4O/c1-25-20(14-4-2-3-5-17(14)21)16(10-24-25)12-6-7-13-15(8-12)18(9-22)23-11-19(13)26/h2-8,10H,9,11,22H2,1H3. The summed E-state index contributed by atoms with van der Waals surface area (Å²) < 4.78 is 1.80. The van der Waals surface area contributed by atoms with Crippen LogP contribution in [0.2, 0.25) is 5.02 Å². The molecule has 2 heterocycles. The molecule has 4 rings (SSSR count). The number of halogens is 1. The minimum absolute atomic E-state index is 0.0151. The number of hydrogen-bond acceptors (Lipinski definition) is 4. The van der Waals surface area contributed by atoms with Crippen LogP contribution in [0.25, 0.3) is 22.4 Å². The summed E-state index contributed by atoms with van der Waals surface area (Å²) in [4.78, 5) is 16.5. The van der Waals surface area contributed by atoms with E-state index >= 15 is 0 Å². The zero-order valence-corrected chi connectivity index (χ0v) is 15.0. The van der Waals surface area contributed by atoms with Gasteiger partial charge in [-0.15, -0.1) is 0 Å². The fourth-order valence-corrected chi connectivity index (χ4v) is 3.55. The van der Waals surface area contributed by atoms with Gasteiger partial charge in [-0.3, -0.25) is 14.5 Å². The van der Waals surface area contributed by atoms with Crippen molar-refractivity contribution in [3.8, 4) is 22.4 Å². The Labute approximate surface area is 156 Å². The van der Waals surface area contributed by atoms with Gasteiger partial charge in [-0.05, 0) is 17.7 Å². The number of hydrogen-bond donors (Lipinski definition) is 1. The molecule has 0 unspecified atom stereocenters. The fourth-order valence-electron chi connectivity index (χ4n) is 3.33. The van der Waals surface area contributed by atoms with Crippen molar-refractivity contribution < 1.29 is 4.79 Å². The Hall–Kier alpha value is -2.76. The highest BCUT2D eigenvalue weighted by Gasteiger charge is 2.22. The van der Waals surface area contributed by atoms with Crippen LogP contribution < -0.4 is 5.73 Å². The van der Waals surface area contributed by atoms with E-state index in [0.717, 1.165) is 33.7 Å². The Morgan fingerprint density at radius 1 is 1.12 bits per heavy atom. The molecule has 0 aliphatic carbocycles. The van der Waals surface area contributed by atoms with E-state index in [1.54, 1.807) is 4.68 Å². The van der Waals surface area contributed by atoms with Crippen LogP contribution in [0.5, 0.6) is 0 Å². The lowest BCUT2D eigenvalue weighted by Crippen LogP contribution is -2.24. The van der Waals surface area contributed by atoms with Crippen molar-refractivity contribution in [2.45, 2.75) is 0 Å². The van der Waals surface area contributed by atoms with Gasteiger partial charge >= 0.3 is 0 Å². The number of nitrogens with two attached hydrogens (primary N) is 1. The number of aliphatic imine (C=N–C) groups is 1. The molecule has 2 aromatic carbocycles. The Kier molecular flexibility index (Phi) is 4.18. The second-order valence-corrected chi connectivity index (χ2v) is 6.57. The second kappa shape index (κ2) is 6.52. The maximum absolute atomic E-state index is 12.2. The predicted molar refractivity (Wildman–Crippen MR) is 104 cm³/mol. The molecule has 0 saturated carbocycles. The van der Waals surface area contributed by atoms with Crippen molar-refractivity contribution in [3.63, 3.8) is 0 Å². The molecule has 0 saturated heterocycles. The number of aromatic nitrogens is 2.